The van der Waals surface area contributed by atoms with E-state index in [2.05, 4.69) is 5.32 Å². The molecule has 0 unspecified atom stereocenters. The van der Waals surface area contributed by atoms with E-state index in [0.29, 0.717) is 24.2 Å². The molecule has 2 amide bonds. The molecule has 0 bridgehead atoms. The number of nitrogens with zero attached hydrogens (tertiary/aromatic N) is 1. The molecule has 2 N–H and O–H groups in total. The summed E-state index contributed by atoms with van der Waals surface area (Å²) >= 11 is 0. The maximum atomic E-state index is 12.2. The zero-order valence-electron chi connectivity index (χ0n) is 13.3. The fourth-order valence-corrected chi connectivity index (χ4v) is 1.87. The van der Waals surface area contributed by atoms with Crippen LogP contribution in [0.4, 0.5) is 0 Å². The molecule has 0 aliphatic heterocycles. The molecule has 1 rings (SSSR count). The van der Waals surface area contributed by atoms with Crippen LogP contribution in [0.15, 0.2) is 24.3 Å². The summed E-state index contributed by atoms with van der Waals surface area (Å²) in [5.41, 5.74) is -0.546. The first-order chi connectivity index (χ1) is 10.2. The van der Waals surface area contributed by atoms with Gasteiger partial charge in [0.05, 0.1) is 0 Å². The average molecular weight is 306 g/mol. The number of hydrogen-bond acceptors (Lipinski definition) is 3. The summed E-state index contributed by atoms with van der Waals surface area (Å²) < 4.78 is 0. The Morgan fingerprint density at radius 3 is 1.91 bits per heavy atom. The van der Waals surface area contributed by atoms with Crippen LogP contribution >= 0.6 is 0 Å². The quantitative estimate of drug-likeness (QED) is 0.838. The Hall–Kier alpha value is -2.37. The van der Waals surface area contributed by atoms with Gasteiger partial charge in [-0.1, -0.05) is 0 Å². The molecule has 0 spiro atoms. The second-order valence-electron chi connectivity index (χ2n) is 5.44. The van der Waals surface area contributed by atoms with Crippen molar-refractivity contribution in [2.45, 2.75) is 33.2 Å². The number of rotatable bonds is 6. The smallest absolute Gasteiger partial charge is 0.328 e. The molecule has 6 heteroatoms. The van der Waals surface area contributed by atoms with Crippen LogP contribution in [0.25, 0.3) is 0 Å². The van der Waals surface area contributed by atoms with Crippen molar-refractivity contribution in [3.05, 3.63) is 35.4 Å². The van der Waals surface area contributed by atoms with Gasteiger partial charge in [0, 0.05) is 24.2 Å². The minimum Gasteiger partial charge on any atom is -0.480 e. The van der Waals surface area contributed by atoms with Crippen LogP contribution < -0.4 is 5.32 Å². The van der Waals surface area contributed by atoms with E-state index in [4.69, 9.17) is 5.11 Å². The second kappa shape index (κ2) is 7.06. The Morgan fingerprint density at radius 1 is 1.05 bits per heavy atom. The van der Waals surface area contributed by atoms with Crippen molar-refractivity contribution in [3.63, 3.8) is 0 Å². The number of nitrogens with one attached hydrogen (secondary N) is 1. The number of carbonyl (C=O) groups excluding carboxylic acids is 2. The average Bonchev–Trinajstić information content (AvgIpc) is 2.48. The lowest BCUT2D eigenvalue weighted by Gasteiger charge is -2.21. The molecule has 0 radical (unpaired) electrons. The maximum Gasteiger partial charge on any atom is 0.328 e. The molecular formula is C16H22N2O4. The van der Waals surface area contributed by atoms with Crippen molar-refractivity contribution in [2.24, 2.45) is 0 Å². The highest BCUT2D eigenvalue weighted by Gasteiger charge is 2.29. The molecular weight excluding hydrogens is 284 g/mol. The van der Waals surface area contributed by atoms with Gasteiger partial charge >= 0.3 is 5.97 Å². The van der Waals surface area contributed by atoms with Gasteiger partial charge in [-0.15, -0.1) is 0 Å². The van der Waals surface area contributed by atoms with E-state index in [-0.39, 0.29) is 5.91 Å². The Labute approximate surface area is 130 Å². The van der Waals surface area contributed by atoms with Gasteiger partial charge in [0.25, 0.3) is 11.8 Å². The molecule has 0 aliphatic carbocycles. The number of hydrogen-bond donors (Lipinski definition) is 2. The van der Waals surface area contributed by atoms with E-state index in [0.717, 1.165) is 0 Å². The zero-order chi connectivity index (χ0) is 16.9. The number of amides is 2. The van der Waals surface area contributed by atoms with Crippen molar-refractivity contribution in [1.82, 2.24) is 10.2 Å². The number of carboxylic acids is 1. The Balaban J connectivity index is 2.87. The molecule has 0 fully saturated rings. The molecule has 0 saturated heterocycles. The van der Waals surface area contributed by atoms with Crippen LogP contribution in [0.1, 0.15) is 48.4 Å². The van der Waals surface area contributed by atoms with E-state index < -0.39 is 17.4 Å². The van der Waals surface area contributed by atoms with Crippen LogP contribution in [-0.4, -0.2) is 46.4 Å². The molecule has 1 aromatic rings. The monoisotopic (exact) mass is 306 g/mol. The molecule has 0 aromatic heterocycles. The lowest BCUT2D eigenvalue weighted by atomic mass is 10.0. The van der Waals surface area contributed by atoms with Gasteiger partial charge in [0.1, 0.15) is 5.54 Å². The van der Waals surface area contributed by atoms with E-state index >= 15 is 0 Å². The van der Waals surface area contributed by atoms with E-state index in [1.165, 1.54) is 26.0 Å². The first kappa shape index (κ1) is 17.7. The molecule has 0 atom stereocenters. The highest BCUT2D eigenvalue weighted by Crippen LogP contribution is 2.10. The summed E-state index contributed by atoms with van der Waals surface area (Å²) in [6.45, 7) is 7.85. The third-order valence-electron chi connectivity index (χ3n) is 3.41. The summed E-state index contributed by atoms with van der Waals surface area (Å²) in [5.74, 6) is -1.70. The Morgan fingerprint density at radius 2 is 1.50 bits per heavy atom. The van der Waals surface area contributed by atoms with E-state index in [1.807, 2.05) is 13.8 Å². The number of carboxylic acid groups (broad SMARTS) is 1. The molecule has 0 aliphatic rings. The summed E-state index contributed by atoms with van der Waals surface area (Å²) in [6, 6.07) is 6.18. The molecule has 6 nitrogen and oxygen atoms in total. The minimum absolute atomic E-state index is 0.0946. The first-order valence-corrected chi connectivity index (χ1v) is 7.18. The van der Waals surface area contributed by atoms with Crippen LogP contribution in [0.3, 0.4) is 0 Å². The van der Waals surface area contributed by atoms with Crippen LogP contribution in [-0.2, 0) is 4.79 Å². The zero-order valence-corrected chi connectivity index (χ0v) is 13.3. The SMILES string of the molecule is CCN(CC)C(=O)c1ccc(C(=O)NC(C)(C)C(=O)O)cc1. The summed E-state index contributed by atoms with van der Waals surface area (Å²) in [4.78, 5) is 36.9. The van der Waals surface area contributed by atoms with Gasteiger partial charge in [-0.3, -0.25) is 9.59 Å². The van der Waals surface area contributed by atoms with Crippen molar-refractivity contribution in [2.75, 3.05) is 13.1 Å². The van der Waals surface area contributed by atoms with E-state index in [9.17, 15) is 14.4 Å². The van der Waals surface area contributed by atoms with Gasteiger partial charge in [0.2, 0.25) is 0 Å². The highest BCUT2D eigenvalue weighted by atomic mass is 16.4. The predicted molar refractivity (Wildman–Crippen MR) is 82.9 cm³/mol. The molecule has 22 heavy (non-hydrogen) atoms. The number of aliphatic carboxylic acids is 1. The number of benzene rings is 1. The first-order valence-electron chi connectivity index (χ1n) is 7.18. The minimum atomic E-state index is -1.35. The second-order valence-corrected chi connectivity index (χ2v) is 5.44. The third kappa shape index (κ3) is 4.07. The predicted octanol–water partition coefficient (Wildman–Crippen LogP) is 1.76. The fourth-order valence-electron chi connectivity index (χ4n) is 1.87. The lowest BCUT2D eigenvalue weighted by molar-refractivity contribution is -0.143. The van der Waals surface area contributed by atoms with Crippen molar-refractivity contribution < 1.29 is 19.5 Å². The third-order valence-corrected chi connectivity index (χ3v) is 3.41. The summed E-state index contributed by atoms with van der Waals surface area (Å²) in [5, 5.41) is 11.4. The normalized spacial score (nSPS) is 10.9. The molecule has 120 valence electrons. The molecule has 0 heterocycles. The highest BCUT2D eigenvalue weighted by molar-refractivity contribution is 5.99. The lowest BCUT2D eigenvalue weighted by Crippen LogP contribution is -2.49. The summed E-state index contributed by atoms with van der Waals surface area (Å²) in [6.07, 6.45) is 0. The van der Waals surface area contributed by atoms with Gasteiger partial charge < -0.3 is 15.3 Å². The van der Waals surface area contributed by atoms with Crippen LogP contribution in [0, 0.1) is 0 Å². The van der Waals surface area contributed by atoms with Crippen molar-refractivity contribution in [3.8, 4) is 0 Å². The largest absolute Gasteiger partial charge is 0.480 e. The maximum absolute atomic E-state index is 12.2. The van der Waals surface area contributed by atoms with Gasteiger partial charge in [-0.2, -0.15) is 0 Å². The standard InChI is InChI=1S/C16H22N2O4/c1-5-18(6-2)14(20)12-9-7-11(8-10-12)13(19)17-16(3,4)15(21)22/h7-10H,5-6H2,1-4H3,(H,17,19)(H,21,22). The van der Waals surface area contributed by atoms with Crippen molar-refractivity contribution in [1.29, 1.82) is 0 Å². The van der Waals surface area contributed by atoms with Crippen molar-refractivity contribution >= 4 is 17.8 Å². The summed E-state index contributed by atoms with van der Waals surface area (Å²) in [7, 11) is 0. The molecule has 0 saturated carbocycles. The number of carbonyl (C=O) groups is 3. The fraction of sp³-hybridized carbons (Fsp3) is 0.438. The Kier molecular flexibility index (Phi) is 5.68. The van der Waals surface area contributed by atoms with Gasteiger partial charge in [-0.05, 0) is 52.0 Å². The Bertz CT molecular complexity index is 560. The van der Waals surface area contributed by atoms with Gasteiger partial charge in [-0.25, -0.2) is 4.79 Å². The van der Waals surface area contributed by atoms with Crippen LogP contribution in [0.5, 0.6) is 0 Å². The topological polar surface area (TPSA) is 86.7 Å². The van der Waals surface area contributed by atoms with Crippen LogP contribution in [0.2, 0.25) is 0 Å². The van der Waals surface area contributed by atoms with Gasteiger partial charge in [0.15, 0.2) is 0 Å². The molecule has 1 aromatic carbocycles. The van der Waals surface area contributed by atoms with E-state index in [1.54, 1.807) is 17.0 Å².